The van der Waals surface area contributed by atoms with E-state index in [1.165, 1.54) is 0 Å². The zero-order valence-corrected chi connectivity index (χ0v) is 16.3. The lowest BCUT2D eigenvalue weighted by Gasteiger charge is -2.19. The normalized spacial score (nSPS) is 25.6. The number of aliphatic hydroxyl groups excluding tert-OH is 4. The molecule has 0 radical (unpaired) electrons. The summed E-state index contributed by atoms with van der Waals surface area (Å²) in [5, 5.41) is 40.0. The fourth-order valence-electron chi connectivity index (χ4n) is 3.40. The van der Waals surface area contributed by atoms with Crippen molar-refractivity contribution in [2.45, 2.75) is 43.9 Å². The van der Waals surface area contributed by atoms with Crippen molar-refractivity contribution in [3.05, 3.63) is 64.2 Å². The molecule has 3 rings (SSSR count). The monoisotopic (exact) mass is 408 g/mol. The summed E-state index contributed by atoms with van der Waals surface area (Å²) in [6.45, 7) is 1.97. The zero-order valence-electron chi connectivity index (χ0n) is 15.5. The van der Waals surface area contributed by atoms with E-state index in [-0.39, 0.29) is 0 Å². The maximum Gasteiger partial charge on any atom is 0.119 e. The Hall–Kier alpha value is -1.67. The highest BCUT2D eigenvalue weighted by Gasteiger charge is 2.46. The van der Waals surface area contributed by atoms with Gasteiger partial charge in [-0.1, -0.05) is 35.9 Å². The topological polar surface area (TPSA) is 99.4 Å². The Labute approximate surface area is 168 Å². The summed E-state index contributed by atoms with van der Waals surface area (Å²) in [4.78, 5) is 0. The molecule has 0 bridgehead atoms. The number of halogens is 1. The Balaban J connectivity index is 1.79. The molecular formula is C21H25ClO6. The number of hydrogen-bond donors (Lipinski definition) is 4. The first-order chi connectivity index (χ1) is 13.4. The minimum atomic E-state index is -1.29. The molecule has 28 heavy (non-hydrogen) atoms. The highest BCUT2D eigenvalue weighted by atomic mass is 35.5. The molecular weight excluding hydrogens is 384 g/mol. The van der Waals surface area contributed by atoms with Crippen LogP contribution in [0.15, 0.2) is 42.5 Å². The molecule has 0 saturated carbocycles. The van der Waals surface area contributed by atoms with E-state index in [0.29, 0.717) is 23.6 Å². The summed E-state index contributed by atoms with van der Waals surface area (Å²) in [7, 11) is 0. The van der Waals surface area contributed by atoms with Crippen LogP contribution in [-0.2, 0) is 11.2 Å². The minimum absolute atomic E-state index is 0.565. The molecule has 152 valence electrons. The van der Waals surface area contributed by atoms with Crippen molar-refractivity contribution in [3.63, 3.8) is 0 Å². The summed E-state index contributed by atoms with van der Waals surface area (Å²) >= 11 is 6.35. The van der Waals surface area contributed by atoms with Crippen LogP contribution in [0, 0.1) is 0 Å². The van der Waals surface area contributed by atoms with Crippen LogP contribution in [0.4, 0.5) is 0 Å². The van der Waals surface area contributed by atoms with E-state index >= 15 is 0 Å². The molecule has 0 spiro atoms. The summed E-state index contributed by atoms with van der Waals surface area (Å²) in [6, 6.07) is 13.0. The van der Waals surface area contributed by atoms with Crippen LogP contribution in [-0.4, -0.2) is 58.1 Å². The molecule has 2 aromatic rings. The van der Waals surface area contributed by atoms with Gasteiger partial charge in [-0.2, -0.15) is 0 Å². The van der Waals surface area contributed by atoms with Crippen molar-refractivity contribution in [1.82, 2.24) is 0 Å². The van der Waals surface area contributed by atoms with E-state index in [9.17, 15) is 15.3 Å². The highest BCUT2D eigenvalue weighted by Crippen LogP contribution is 2.36. The van der Waals surface area contributed by atoms with Crippen LogP contribution in [0.3, 0.4) is 0 Å². The van der Waals surface area contributed by atoms with Gasteiger partial charge in [-0.25, -0.2) is 0 Å². The first-order valence-corrected chi connectivity index (χ1v) is 9.63. The molecule has 1 aliphatic heterocycles. The van der Waals surface area contributed by atoms with Crippen LogP contribution >= 0.6 is 11.6 Å². The number of aliphatic hydroxyl groups is 4. The molecule has 1 saturated heterocycles. The van der Waals surface area contributed by atoms with E-state index in [1.54, 1.807) is 12.1 Å². The maximum absolute atomic E-state index is 10.3. The lowest BCUT2D eigenvalue weighted by Crippen LogP contribution is -2.40. The van der Waals surface area contributed by atoms with Crippen molar-refractivity contribution in [2.75, 3.05) is 13.2 Å². The zero-order chi connectivity index (χ0) is 20.3. The quantitative estimate of drug-likeness (QED) is 0.558. The predicted octanol–water partition coefficient (Wildman–Crippen LogP) is 1.84. The Kier molecular flexibility index (Phi) is 6.93. The van der Waals surface area contributed by atoms with Crippen LogP contribution in [0.5, 0.6) is 5.75 Å². The van der Waals surface area contributed by atoms with Gasteiger partial charge in [0.05, 0.1) is 13.2 Å². The van der Waals surface area contributed by atoms with Crippen molar-refractivity contribution in [2.24, 2.45) is 0 Å². The third kappa shape index (κ3) is 4.49. The Morgan fingerprint density at radius 1 is 1.11 bits per heavy atom. The average molecular weight is 409 g/mol. The summed E-state index contributed by atoms with van der Waals surface area (Å²) in [5.41, 5.74) is 2.54. The molecule has 1 aliphatic rings. The van der Waals surface area contributed by atoms with Gasteiger partial charge in [0.1, 0.15) is 36.3 Å². The first kappa shape index (κ1) is 21.0. The largest absolute Gasteiger partial charge is 0.494 e. The third-order valence-corrected chi connectivity index (χ3v) is 5.26. The third-order valence-electron chi connectivity index (χ3n) is 4.89. The number of rotatable bonds is 7. The van der Waals surface area contributed by atoms with E-state index in [2.05, 4.69) is 0 Å². The summed E-state index contributed by atoms with van der Waals surface area (Å²) < 4.78 is 11.1. The molecule has 6 nitrogen and oxygen atoms in total. The van der Waals surface area contributed by atoms with Crippen LogP contribution < -0.4 is 4.74 Å². The highest BCUT2D eigenvalue weighted by molar-refractivity contribution is 6.31. The van der Waals surface area contributed by atoms with Crippen molar-refractivity contribution >= 4 is 11.6 Å². The van der Waals surface area contributed by atoms with Gasteiger partial charge >= 0.3 is 0 Å². The van der Waals surface area contributed by atoms with Crippen molar-refractivity contribution in [1.29, 1.82) is 0 Å². The van der Waals surface area contributed by atoms with Gasteiger partial charge < -0.3 is 29.9 Å². The first-order valence-electron chi connectivity index (χ1n) is 9.25. The lowest BCUT2D eigenvalue weighted by atomic mass is 9.96. The van der Waals surface area contributed by atoms with Gasteiger partial charge in [0.25, 0.3) is 0 Å². The standard InChI is InChI=1S/C21H25ClO6/c1-2-27-15-6-3-12(4-7-15)9-14-10-13(5-8-16(14)22)20-18(25)19(26)21(28-20)17(24)11-23/h3-8,10,17-21,23-26H,2,9,11H2,1H3/t17-,18-,19-,20+,21-/m1/s1. The van der Waals surface area contributed by atoms with E-state index in [1.807, 2.05) is 37.3 Å². The number of hydrogen-bond acceptors (Lipinski definition) is 6. The number of benzene rings is 2. The second kappa shape index (κ2) is 9.22. The summed E-state index contributed by atoms with van der Waals surface area (Å²) in [5.74, 6) is 0.802. The molecule has 0 aliphatic carbocycles. The van der Waals surface area contributed by atoms with Crippen LogP contribution in [0.2, 0.25) is 5.02 Å². The van der Waals surface area contributed by atoms with Crippen molar-refractivity contribution in [3.8, 4) is 5.75 Å². The maximum atomic E-state index is 10.3. The Morgan fingerprint density at radius 3 is 2.46 bits per heavy atom. The number of ether oxygens (including phenoxy) is 2. The van der Waals surface area contributed by atoms with Gasteiger partial charge in [0.2, 0.25) is 0 Å². The van der Waals surface area contributed by atoms with Gasteiger partial charge in [-0.15, -0.1) is 0 Å². The van der Waals surface area contributed by atoms with E-state index in [4.69, 9.17) is 26.2 Å². The Bertz CT molecular complexity index is 781. The Morgan fingerprint density at radius 2 is 1.82 bits per heavy atom. The molecule has 1 heterocycles. The molecule has 5 atom stereocenters. The SMILES string of the molecule is CCOc1ccc(Cc2cc([C@@H]3O[C@H]([C@H](O)CO)[C@H](O)[C@H]3O)ccc2Cl)cc1. The fraction of sp³-hybridized carbons (Fsp3) is 0.429. The van der Waals surface area contributed by atoms with Gasteiger partial charge in [0.15, 0.2) is 0 Å². The van der Waals surface area contributed by atoms with Gasteiger partial charge in [-0.3, -0.25) is 0 Å². The molecule has 0 unspecified atom stereocenters. The van der Waals surface area contributed by atoms with Gasteiger partial charge in [0, 0.05) is 5.02 Å². The second-order valence-corrected chi connectivity index (χ2v) is 7.26. The summed E-state index contributed by atoms with van der Waals surface area (Å²) in [6.07, 6.45) is -5.09. The van der Waals surface area contributed by atoms with Crippen LogP contribution in [0.25, 0.3) is 0 Å². The average Bonchev–Trinajstić information content (AvgIpc) is 3.00. The molecule has 1 fully saturated rings. The van der Waals surface area contributed by atoms with Gasteiger partial charge in [-0.05, 0) is 48.2 Å². The van der Waals surface area contributed by atoms with Crippen LogP contribution in [0.1, 0.15) is 29.7 Å². The van der Waals surface area contributed by atoms with Crippen molar-refractivity contribution < 1.29 is 29.9 Å². The van der Waals surface area contributed by atoms with E-state index in [0.717, 1.165) is 16.9 Å². The smallest absolute Gasteiger partial charge is 0.119 e. The second-order valence-electron chi connectivity index (χ2n) is 6.86. The molecule has 0 amide bonds. The van der Waals surface area contributed by atoms with E-state index < -0.39 is 37.1 Å². The fourth-order valence-corrected chi connectivity index (χ4v) is 3.58. The molecule has 0 aromatic heterocycles. The molecule has 7 heteroatoms. The lowest BCUT2D eigenvalue weighted by molar-refractivity contribution is -0.0820. The molecule has 4 N–H and O–H groups in total. The predicted molar refractivity (Wildman–Crippen MR) is 105 cm³/mol. The molecule has 2 aromatic carbocycles. The minimum Gasteiger partial charge on any atom is -0.494 e.